The Labute approximate surface area is 226 Å². The number of phenols is 1. The molecule has 6 rings (SSSR count). The van der Waals surface area contributed by atoms with Crippen molar-refractivity contribution in [2.45, 2.75) is 0 Å². The van der Waals surface area contributed by atoms with E-state index in [4.69, 9.17) is 15.0 Å². The zero-order chi connectivity index (χ0) is 27.5. The van der Waals surface area contributed by atoms with E-state index in [1.807, 2.05) is 48.5 Å². The molecule has 0 aliphatic carbocycles. The van der Waals surface area contributed by atoms with Gasteiger partial charge in [-0.1, -0.05) is 72.8 Å². The number of anilines is 2. The molecule has 0 unspecified atom stereocenters. The molecule has 4 aromatic carbocycles. The lowest BCUT2D eigenvalue weighted by molar-refractivity contribution is 0.475. The Morgan fingerprint density at radius 1 is 0.641 bits per heavy atom. The highest BCUT2D eigenvalue weighted by Crippen LogP contribution is 2.22. The Bertz CT molecular complexity index is 1740. The van der Waals surface area contributed by atoms with Gasteiger partial charge >= 0.3 is 10.3 Å². The molecule has 9 heteroatoms. The molecule has 0 radical (unpaired) electrons. The Kier molecular flexibility index (Phi) is 8.89. The quantitative estimate of drug-likeness (QED) is 0.229. The van der Waals surface area contributed by atoms with Crippen LogP contribution in [0.15, 0.2) is 134 Å². The fraction of sp³-hybridized carbons (Fsp3) is 0. The molecule has 196 valence electrons. The molecule has 0 atom stereocenters. The van der Waals surface area contributed by atoms with Crippen LogP contribution in [-0.4, -0.2) is 23.5 Å². The lowest BCUT2D eigenvalue weighted by Crippen LogP contribution is -2.19. The Morgan fingerprint density at radius 3 is 1.77 bits per heavy atom. The topological polar surface area (TPSA) is 127 Å². The highest BCUT2D eigenvalue weighted by Gasteiger charge is 2.14. The van der Waals surface area contributed by atoms with E-state index < -0.39 is 10.3 Å². The summed E-state index contributed by atoms with van der Waals surface area (Å²) in [6, 6.07) is 35.6. The third-order valence-corrected chi connectivity index (χ3v) is 6.12. The van der Waals surface area contributed by atoms with E-state index in [9.17, 15) is 8.42 Å². The fourth-order valence-electron chi connectivity index (χ4n) is 3.50. The molecule has 0 aliphatic heterocycles. The lowest BCUT2D eigenvalue weighted by Gasteiger charge is -2.10. The number of aromatic hydroxyl groups is 1. The number of hydrogen-bond donors (Lipinski definition) is 3. The van der Waals surface area contributed by atoms with Crippen LogP contribution in [0.4, 0.5) is 11.4 Å². The second-order valence-electron chi connectivity index (χ2n) is 8.09. The first-order valence-corrected chi connectivity index (χ1v) is 13.3. The SMILES string of the molecule is Nc1cccc2cccnc12.O=S(=O)(Nc1cccc2cccnc12)Oc1ccccc1.Oc1ccccc1. The number of hydrogen-bond acceptors (Lipinski definition) is 7. The van der Waals surface area contributed by atoms with Gasteiger partial charge in [0.1, 0.15) is 11.5 Å². The van der Waals surface area contributed by atoms with Crippen molar-refractivity contribution >= 4 is 43.5 Å². The molecule has 39 heavy (non-hydrogen) atoms. The number of fused-ring (bicyclic) bond motifs is 2. The number of nitrogens with two attached hydrogens (primary N) is 1. The summed E-state index contributed by atoms with van der Waals surface area (Å²) in [4.78, 5) is 8.35. The molecule has 0 fully saturated rings. The minimum atomic E-state index is -3.97. The predicted molar refractivity (Wildman–Crippen MR) is 156 cm³/mol. The third kappa shape index (κ3) is 7.91. The van der Waals surface area contributed by atoms with Crippen molar-refractivity contribution in [1.82, 2.24) is 9.97 Å². The van der Waals surface area contributed by atoms with E-state index in [0.717, 1.165) is 22.0 Å². The van der Waals surface area contributed by atoms with Gasteiger partial charge in [0, 0.05) is 23.2 Å². The first kappa shape index (κ1) is 26.9. The number of para-hydroxylation sites is 4. The lowest BCUT2D eigenvalue weighted by atomic mass is 10.2. The summed E-state index contributed by atoms with van der Waals surface area (Å²) in [7, 11) is -3.97. The van der Waals surface area contributed by atoms with Gasteiger partial charge in [0.2, 0.25) is 0 Å². The molecular formula is C30H26N4O4S. The Balaban J connectivity index is 0.000000162. The van der Waals surface area contributed by atoms with Gasteiger partial charge in [-0.25, -0.2) is 4.72 Å². The van der Waals surface area contributed by atoms with E-state index in [0.29, 0.717) is 17.0 Å². The zero-order valence-electron chi connectivity index (χ0n) is 20.8. The van der Waals surface area contributed by atoms with Crippen LogP contribution in [-0.2, 0) is 10.3 Å². The summed E-state index contributed by atoms with van der Waals surface area (Å²) in [5.41, 5.74) is 8.27. The summed E-state index contributed by atoms with van der Waals surface area (Å²) in [6.07, 6.45) is 3.36. The van der Waals surface area contributed by atoms with Gasteiger partial charge in [-0.15, -0.1) is 0 Å². The van der Waals surface area contributed by atoms with Crippen molar-refractivity contribution in [3.8, 4) is 11.5 Å². The Hall–Kier alpha value is -5.15. The number of rotatable bonds is 4. The summed E-state index contributed by atoms with van der Waals surface area (Å²) < 4.78 is 31.5. The maximum absolute atomic E-state index is 12.1. The van der Waals surface area contributed by atoms with Crippen molar-refractivity contribution in [2.24, 2.45) is 0 Å². The molecule has 0 bridgehead atoms. The minimum absolute atomic E-state index is 0.248. The van der Waals surface area contributed by atoms with Crippen LogP contribution < -0.4 is 14.6 Å². The molecule has 0 saturated heterocycles. The molecular weight excluding hydrogens is 512 g/mol. The van der Waals surface area contributed by atoms with Gasteiger partial charge in [-0.2, -0.15) is 8.42 Å². The molecule has 8 nitrogen and oxygen atoms in total. The van der Waals surface area contributed by atoms with E-state index >= 15 is 0 Å². The number of nitrogen functional groups attached to an aromatic ring is 1. The second-order valence-corrected chi connectivity index (χ2v) is 9.37. The van der Waals surface area contributed by atoms with E-state index in [-0.39, 0.29) is 5.75 Å². The average Bonchev–Trinajstić information content (AvgIpc) is 2.95. The van der Waals surface area contributed by atoms with Crippen LogP contribution in [0.5, 0.6) is 11.5 Å². The standard InChI is InChI=1S/C15H12N2O3S.C9H8N2.C6H6O/c18-21(19,20-13-8-2-1-3-9-13)17-14-10-4-6-12-7-5-11-16-15(12)14;10-8-5-1-3-7-4-2-6-11-9(7)8;7-6-4-2-1-3-5-6/h1-11,17H;1-6H,10H2;1-5,7H. The van der Waals surface area contributed by atoms with Gasteiger partial charge < -0.3 is 15.0 Å². The molecule has 4 N–H and O–H groups in total. The van der Waals surface area contributed by atoms with Crippen molar-refractivity contribution in [2.75, 3.05) is 10.5 Å². The van der Waals surface area contributed by atoms with Crippen molar-refractivity contribution in [3.63, 3.8) is 0 Å². The first-order chi connectivity index (χ1) is 18.9. The van der Waals surface area contributed by atoms with Crippen molar-refractivity contribution in [1.29, 1.82) is 0 Å². The van der Waals surface area contributed by atoms with Gasteiger partial charge in [-0.3, -0.25) is 9.97 Å². The van der Waals surface area contributed by atoms with Crippen LogP contribution in [0.2, 0.25) is 0 Å². The largest absolute Gasteiger partial charge is 0.508 e. The first-order valence-electron chi connectivity index (χ1n) is 11.9. The number of phenolic OH excluding ortho intramolecular Hbond substituents is 1. The molecule has 0 spiro atoms. The van der Waals surface area contributed by atoms with Gasteiger partial charge in [0.15, 0.2) is 0 Å². The molecule has 2 heterocycles. The molecule has 2 aromatic heterocycles. The van der Waals surface area contributed by atoms with Crippen LogP contribution in [0.1, 0.15) is 0 Å². The zero-order valence-corrected chi connectivity index (χ0v) is 21.6. The van der Waals surface area contributed by atoms with Crippen LogP contribution in [0.3, 0.4) is 0 Å². The number of nitrogens with zero attached hydrogens (tertiary/aromatic N) is 2. The fourth-order valence-corrected chi connectivity index (χ4v) is 4.34. The van der Waals surface area contributed by atoms with Crippen molar-refractivity contribution in [3.05, 3.63) is 134 Å². The minimum Gasteiger partial charge on any atom is -0.508 e. The van der Waals surface area contributed by atoms with E-state index in [1.165, 1.54) is 0 Å². The van der Waals surface area contributed by atoms with Crippen LogP contribution >= 0.6 is 0 Å². The van der Waals surface area contributed by atoms with Crippen LogP contribution in [0.25, 0.3) is 21.8 Å². The summed E-state index contributed by atoms with van der Waals surface area (Å²) in [6.45, 7) is 0. The summed E-state index contributed by atoms with van der Waals surface area (Å²) in [5, 5.41) is 10.6. The molecule has 0 aliphatic rings. The van der Waals surface area contributed by atoms with Gasteiger partial charge in [0.25, 0.3) is 0 Å². The van der Waals surface area contributed by atoms with E-state index in [1.54, 1.807) is 85.2 Å². The molecule has 6 aromatic rings. The smallest absolute Gasteiger partial charge is 0.407 e. The van der Waals surface area contributed by atoms with Gasteiger partial charge in [0.05, 0.1) is 22.4 Å². The highest BCUT2D eigenvalue weighted by molar-refractivity contribution is 7.88. The number of aromatic nitrogens is 2. The maximum atomic E-state index is 12.1. The van der Waals surface area contributed by atoms with Crippen molar-refractivity contribution < 1.29 is 17.7 Å². The van der Waals surface area contributed by atoms with Gasteiger partial charge in [-0.05, 0) is 48.5 Å². The summed E-state index contributed by atoms with van der Waals surface area (Å²) >= 11 is 0. The van der Waals surface area contributed by atoms with E-state index in [2.05, 4.69) is 14.7 Å². The Morgan fingerprint density at radius 2 is 1.18 bits per heavy atom. The third-order valence-electron chi connectivity index (χ3n) is 5.24. The second kappa shape index (κ2) is 12.9. The normalized spacial score (nSPS) is 10.5. The number of benzene rings is 4. The monoisotopic (exact) mass is 538 g/mol. The average molecular weight is 539 g/mol. The molecule has 0 amide bonds. The predicted octanol–water partition coefficient (Wildman–Crippen LogP) is 6.18. The highest BCUT2D eigenvalue weighted by atomic mass is 32.2. The maximum Gasteiger partial charge on any atom is 0.407 e. The molecule has 0 saturated carbocycles. The summed E-state index contributed by atoms with van der Waals surface area (Å²) in [5.74, 6) is 0.570. The van der Waals surface area contributed by atoms with Crippen LogP contribution in [0, 0.1) is 0 Å². The number of pyridine rings is 2. The number of nitrogens with one attached hydrogen (secondary N) is 1.